The first-order valence-electron chi connectivity index (χ1n) is 5.93. The molecule has 0 bridgehead atoms. The van der Waals surface area contributed by atoms with Crippen LogP contribution in [0.2, 0.25) is 0 Å². The lowest BCUT2D eigenvalue weighted by Gasteiger charge is -2.13. The molecule has 0 heterocycles. The zero-order valence-electron chi connectivity index (χ0n) is 11.1. The molecule has 0 aliphatic rings. The van der Waals surface area contributed by atoms with Gasteiger partial charge in [-0.1, -0.05) is 18.3 Å². The predicted molar refractivity (Wildman–Crippen MR) is 80.1 cm³/mol. The van der Waals surface area contributed by atoms with E-state index in [-0.39, 0.29) is 10.8 Å². The van der Waals surface area contributed by atoms with Crippen LogP contribution in [0.4, 0.5) is 4.39 Å². The SMILES string of the molecule is COc1ccc(C(N)=S)c(Oc2cc(F)ccc2C)c1. The van der Waals surface area contributed by atoms with E-state index < -0.39 is 0 Å². The second kappa shape index (κ2) is 5.88. The smallest absolute Gasteiger partial charge is 0.141 e. The van der Waals surface area contributed by atoms with Crippen molar-refractivity contribution in [2.75, 3.05) is 7.11 Å². The van der Waals surface area contributed by atoms with Gasteiger partial charge in [-0.15, -0.1) is 0 Å². The number of methoxy groups -OCH3 is 1. The zero-order valence-corrected chi connectivity index (χ0v) is 12.0. The summed E-state index contributed by atoms with van der Waals surface area (Å²) in [4.78, 5) is 0.205. The van der Waals surface area contributed by atoms with Gasteiger partial charge in [-0.25, -0.2) is 4.39 Å². The topological polar surface area (TPSA) is 44.5 Å². The van der Waals surface area contributed by atoms with Gasteiger partial charge in [0.2, 0.25) is 0 Å². The van der Waals surface area contributed by atoms with Crippen LogP contribution < -0.4 is 15.2 Å². The van der Waals surface area contributed by atoms with E-state index in [0.717, 1.165) is 5.56 Å². The summed E-state index contributed by atoms with van der Waals surface area (Å²) in [5, 5.41) is 0. The van der Waals surface area contributed by atoms with E-state index in [0.29, 0.717) is 22.8 Å². The molecule has 0 aliphatic heterocycles. The van der Waals surface area contributed by atoms with Gasteiger partial charge in [0.1, 0.15) is 28.1 Å². The molecule has 2 rings (SSSR count). The average Bonchev–Trinajstić information content (AvgIpc) is 2.42. The molecule has 3 nitrogen and oxygen atoms in total. The molecule has 0 fully saturated rings. The van der Waals surface area contributed by atoms with E-state index in [1.54, 1.807) is 31.4 Å². The Balaban J connectivity index is 2.45. The Hall–Kier alpha value is -2.14. The second-order valence-corrected chi connectivity index (χ2v) is 4.68. The number of halogens is 1. The molecular formula is C15H14FNO2S. The molecule has 0 unspecified atom stereocenters. The van der Waals surface area contributed by atoms with Crippen molar-refractivity contribution in [3.05, 3.63) is 53.3 Å². The van der Waals surface area contributed by atoms with Crippen LogP contribution in [0.3, 0.4) is 0 Å². The van der Waals surface area contributed by atoms with Gasteiger partial charge >= 0.3 is 0 Å². The highest BCUT2D eigenvalue weighted by Crippen LogP contribution is 2.31. The van der Waals surface area contributed by atoms with E-state index in [9.17, 15) is 4.39 Å². The number of ether oxygens (including phenoxy) is 2. The fourth-order valence-corrected chi connectivity index (χ4v) is 1.89. The highest BCUT2D eigenvalue weighted by Gasteiger charge is 2.11. The van der Waals surface area contributed by atoms with Crippen molar-refractivity contribution >= 4 is 17.2 Å². The van der Waals surface area contributed by atoms with E-state index in [1.165, 1.54) is 12.1 Å². The number of nitrogens with two attached hydrogens (primary N) is 1. The van der Waals surface area contributed by atoms with Gasteiger partial charge in [-0.3, -0.25) is 0 Å². The van der Waals surface area contributed by atoms with Crippen LogP contribution in [0.5, 0.6) is 17.2 Å². The predicted octanol–water partition coefficient (Wildman–Crippen LogP) is 3.57. The van der Waals surface area contributed by atoms with Crippen LogP contribution in [0.25, 0.3) is 0 Å². The average molecular weight is 291 g/mol. The summed E-state index contributed by atoms with van der Waals surface area (Å²) in [5.74, 6) is 1.08. The van der Waals surface area contributed by atoms with Crippen molar-refractivity contribution in [2.45, 2.75) is 6.92 Å². The number of rotatable bonds is 4. The first kappa shape index (κ1) is 14.3. The number of benzene rings is 2. The van der Waals surface area contributed by atoms with Crippen LogP contribution in [-0.4, -0.2) is 12.1 Å². The fraction of sp³-hybridized carbons (Fsp3) is 0.133. The van der Waals surface area contributed by atoms with Crippen molar-refractivity contribution in [1.29, 1.82) is 0 Å². The van der Waals surface area contributed by atoms with Crippen molar-refractivity contribution in [3.63, 3.8) is 0 Å². The number of hydrogen-bond donors (Lipinski definition) is 1. The molecule has 0 aliphatic carbocycles. The molecule has 2 aromatic rings. The van der Waals surface area contributed by atoms with E-state index in [2.05, 4.69) is 0 Å². The Kier molecular flexibility index (Phi) is 4.20. The summed E-state index contributed by atoms with van der Waals surface area (Å²) < 4.78 is 24.2. The monoisotopic (exact) mass is 291 g/mol. The molecule has 0 radical (unpaired) electrons. The van der Waals surface area contributed by atoms with Crippen molar-refractivity contribution in [1.82, 2.24) is 0 Å². The van der Waals surface area contributed by atoms with Crippen molar-refractivity contribution in [3.8, 4) is 17.2 Å². The summed E-state index contributed by atoms with van der Waals surface area (Å²) in [6.07, 6.45) is 0. The molecule has 0 aromatic heterocycles. The maximum Gasteiger partial charge on any atom is 0.141 e. The Morgan fingerprint density at radius 2 is 1.90 bits per heavy atom. The van der Waals surface area contributed by atoms with Crippen molar-refractivity contribution < 1.29 is 13.9 Å². The van der Waals surface area contributed by atoms with Crippen LogP contribution in [0.1, 0.15) is 11.1 Å². The van der Waals surface area contributed by atoms with Gasteiger partial charge in [0.05, 0.1) is 12.7 Å². The third kappa shape index (κ3) is 3.05. The van der Waals surface area contributed by atoms with Gasteiger partial charge in [0, 0.05) is 12.1 Å². The number of hydrogen-bond acceptors (Lipinski definition) is 3. The first-order chi connectivity index (χ1) is 9.51. The molecular weight excluding hydrogens is 277 g/mol. The highest BCUT2D eigenvalue weighted by atomic mass is 32.1. The summed E-state index contributed by atoms with van der Waals surface area (Å²) in [6, 6.07) is 9.45. The Labute approximate surface area is 122 Å². The lowest BCUT2D eigenvalue weighted by molar-refractivity contribution is 0.408. The second-order valence-electron chi connectivity index (χ2n) is 4.24. The Morgan fingerprint density at radius 3 is 2.55 bits per heavy atom. The van der Waals surface area contributed by atoms with Crippen molar-refractivity contribution in [2.24, 2.45) is 5.73 Å². The first-order valence-corrected chi connectivity index (χ1v) is 6.34. The summed E-state index contributed by atoms with van der Waals surface area (Å²) >= 11 is 4.99. The largest absolute Gasteiger partial charge is 0.497 e. The van der Waals surface area contributed by atoms with Gasteiger partial charge in [-0.2, -0.15) is 0 Å². The molecule has 104 valence electrons. The minimum atomic E-state index is -0.370. The van der Waals surface area contributed by atoms with E-state index in [4.69, 9.17) is 27.4 Å². The van der Waals surface area contributed by atoms with Crippen LogP contribution in [0, 0.1) is 12.7 Å². The van der Waals surface area contributed by atoms with Gasteiger partial charge in [0.15, 0.2) is 0 Å². The molecule has 0 amide bonds. The summed E-state index contributed by atoms with van der Waals surface area (Å²) in [6.45, 7) is 1.83. The zero-order chi connectivity index (χ0) is 14.7. The highest BCUT2D eigenvalue weighted by molar-refractivity contribution is 7.80. The maximum atomic E-state index is 13.3. The molecule has 0 saturated heterocycles. The maximum absolute atomic E-state index is 13.3. The molecule has 0 atom stereocenters. The Bertz CT molecular complexity index is 658. The molecule has 20 heavy (non-hydrogen) atoms. The normalized spacial score (nSPS) is 10.2. The van der Waals surface area contributed by atoms with Crippen LogP contribution in [0.15, 0.2) is 36.4 Å². The third-order valence-electron chi connectivity index (χ3n) is 2.82. The minimum absolute atomic E-state index is 0.205. The lowest BCUT2D eigenvalue weighted by Crippen LogP contribution is -2.11. The van der Waals surface area contributed by atoms with E-state index >= 15 is 0 Å². The van der Waals surface area contributed by atoms with E-state index in [1.807, 2.05) is 6.92 Å². The summed E-state index contributed by atoms with van der Waals surface area (Å²) in [7, 11) is 1.55. The molecule has 2 N–H and O–H groups in total. The minimum Gasteiger partial charge on any atom is -0.497 e. The standard InChI is InChI=1S/C15H14FNO2S/c1-9-3-4-10(16)7-13(9)19-14-8-11(18-2)5-6-12(14)15(17)20/h3-8H,1-2H3,(H2,17,20). The number of aryl methyl sites for hydroxylation is 1. The molecule has 2 aromatic carbocycles. The van der Waals surface area contributed by atoms with Gasteiger partial charge in [-0.05, 0) is 30.7 Å². The molecule has 0 saturated carbocycles. The fourth-order valence-electron chi connectivity index (χ4n) is 1.72. The van der Waals surface area contributed by atoms with Gasteiger partial charge in [0.25, 0.3) is 0 Å². The molecule has 0 spiro atoms. The van der Waals surface area contributed by atoms with Crippen LogP contribution >= 0.6 is 12.2 Å². The third-order valence-corrected chi connectivity index (χ3v) is 3.04. The van der Waals surface area contributed by atoms with Gasteiger partial charge < -0.3 is 15.2 Å². The quantitative estimate of drug-likeness (QED) is 0.875. The Morgan fingerprint density at radius 1 is 1.15 bits per heavy atom. The van der Waals surface area contributed by atoms with Crippen LogP contribution in [-0.2, 0) is 0 Å². The molecule has 5 heteroatoms. The number of thiocarbonyl (C=S) groups is 1. The lowest BCUT2D eigenvalue weighted by atomic mass is 10.1. The summed E-state index contributed by atoms with van der Waals surface area (Å²) in [5.41, 5.74) is 7.05.